The van der Waals surface area contributed by atoms with Crippen LogP contribution in [0.1, 0.15) is 35.3 Å². The van der Waals surface area contributed by atoms with Crippen molar-refractivity contribution in [3.63, 3.8) is 0 Å². The molecule has 0 aliphatic rings. The number of carbonyl (C=O) groups excluding carboxylic acids is 1. The number of carbonyl (C=O) groups is 1. The van der Waals surface area contributed by atoms with E-state index in [1.807, 2.05) is 5.32 Å². The maximum absolute atomic E-state index is 13.3. The molecule has 12 heteroatoms. The Bertz CT molecular complexity index is 1050. The van der Waals surface area contributed by atoms with Gasteiger partial charge in [0.25, 0.3) is 11.7 Å². The summed E-state index contributed by atoms with van der Waals surface area (Å²) in [5.41, 5.74) is -2.52. The number of nitrogens with one attached hydrogen (secondary N) is 1. The van der Waals surface area contributed by atoms with Gasteiger partial charge in [0.05, 0.1) is 27.3 Å². The van der Waals surface area contributed by atoms with Crippen LogP contribution in [0.2, 0.25) is 0 Å². The summed E-state index contributed by atoms with van der Waals surface area (Å²) < 4.78 is 89.6. The molecule has 1 amide bonds. The first-order valence-corrected chi connectivity index (χ1v) is 9.69. The zero-order valence-electron chi connectivity index (χ0n) is 15.0. The first kappa shape index (κ1) is 22.5. The van der Waals surface area contributed by atoms with E-state index in [0.717, 1.165) is 12.1 Å². The summed E-state index contributed by atoms with van der Waals surface area (Å²) in [7, 11) is -4.23. The largest absolute Gasteiger partial charge is 0.711 e. The van der Waals surface area contributed by atoms with Crippen molar-refractivity contribution in [1.82, 2.24) is 0 Å². The van der Waals surface area contributed by atoms with Crippen molar-refractivity contribution >= 4 is 21.6 Å². The van der Waals surface area contributed by atoms with E-state index in [4.69, 9.17) is 0 Å². The number of pyridine rings is 1. The number of benzene rings is 1. The molecule has 29 heavy (non-hydrogen) atoms. The van der Waals surface area contributed by atoms with Crippen LogP contribution in [0.25, 0.3) is 0 Å². The Morgan fingerprint density at radius 3 is 2.17 bits per heavy atom. The van der Waals surface area contributed by atoms with Gasteiger partial charge in [0, 0.05) is 13.0 Å². The highest BCUT2D eigenvalue weighted by atomic mass is 32.2. The summed E-state index contributed by atoms with van der Waals surface area (Å²) in [5.74, 6) is -5.59. The molecule has 1 aromatic carbocycles. The average Bonchev–Trinajstić information content (AvgIpc) is 2.61. The highest BCUT2D eigenvalue weighted by Gasteiger charge is 2.34. The first-order valence-electron chi connectivity index (χ1n) is 8.03. The number of hydrogen-bond acceptors (Lipinski definition) is 4. The molecule has 0 saturated carbocycles. The van der Waals surface area contributed by atoms with Gasteiger partial charge in [-0.1, -0.05) is 6.92 Å². The van der Waals surface area contributed by atoms with E-state index in [-0.39, 0.29) is 4.73 Å². The molecule has 0 aliphatic heterocycles. The molecule has 6 nitrogen and oxygen atoms in total. The summed E-state index contributed by atoms with van der Waals surface area (Å²) in [6.07, 6.45) is -4.32. The molecular formula is C17H15F5N2O4S. The zero-order valence-corrected chi connectivity index (χ0v) is 15.9. The predicted octanol–water partition coefficient (Wildman–Crippen LogP) is 3.50. The molecule has 2 aromatic rings. The van der Waals surface area contributed by atoms with Crippen LogP contribution in [0.3, 0.4) is 0 Å². The summed E-state index contributed by atoms with van der Waals surface area (Å²) in [6, 6.07) is 3.27. The summed E-state index contributed by atoms with van der Waals surface area (Å²) >= 11 is 0. The Morgan fingerprint density at radius 2 is 1.69 bits per heavy atom. The predicted molar refractivity (Wildman–Crippen MR) is 92.1 cm³/mol. The van der Waals surface area contributed by atoms with Gasteiger partial charge < -0.3 is 5.21 Å². The van der Waals surface area contributed by atoms with E-state index in [9.17, 15) is 40.4 Å². The topological polar surface area (TPSA) is 90.2 Å². The van der Waals surface area contributed by atoms with E-state index in [2.05, 4.69) is 0 Å². The number of amides is 1. The molecule has 0 saturated heterocycles. The number of halogens is 5. The van der Waals surface area contributed by atoms with Crippen LogP contribution in [0, 0.1) is 5.21 Å². The van der Waals surface area contributed by atoms with Crippen molar-refractivity contribution in [2.75, 3.05) is 11.1 Å². The van der Waals surface area contributed by atoms with E-state index in [1.54, 1.807) is 0 Å². The number of sulfone groups is 1. The van der Waals surface area contributed by atoms with Crippen molar-refractivity contribution in [2.24, 2.45) is 0 Å². The standard InChI is InChI=1S/C17H15F5N2O4S/c1-3-29(27,28)13-8-10(17(20,21)22)4-6-12(13)15(25)23-14-7-5-11(9-24(14)26)16(2,18)19/h4-9H,3H2,1-2H3,(H,23,25). The fourth-order valence-corrected chi connectivity index (χ4v) is 3.43. The Balaban J connectivity index is 2.48. The normalized spacial score (nSPS) is 12.7. The van der Waals surface area contributed by atoms with Gasteiger partial charge in [-0.2, -0.15) is 13.2 Å². The minimum Gasteiger partial charge on any atom is -0.711 e. The summed E-state index contributed by atoms with van der Waals surface area (Å²) in [5, 5.41) is 13.9. The number of nitrogens with zero attached hydrogens (tertiary/aromatic N) is 1. The van der Waals surface area contributed by atoms with Crippen molar-refractivity contribution < 1.29 is 39.9 Å². The van der Waals surface area contributed by atoms with Crippen LogP contribution < -0.4 is 10.0 Å². The maximum Gasteiger partial charge on any atom is 0.416 e. The lowest BCUT2D eigenvalue weighted by Crippen LogP contribution is -2.34. The maximum atomic E-state index is 13.3. The Morgan fingerprint density at radius 1 is 1.10 bits per heavy atom. The minimum atomic E-state index is -4.84. The first-order chi connectivity index (χ1) is 13.2. The Kier molecular flexibility index (Phi) is 5.89. The van der Waals surface area contributed by atoms with E-state index >= 15 is 0 Å². The van der Waals surface area contributed by atoms with E-state index in [0.29, 0.717) is 31.3 Å². The van der Waals surface area contributed by atoms with Gasteiger partial charge in [-0.15, -0.1) is 0 Å². The summed E-state index contributed by atoms with van der Waals surface area (Å²) in [6.45, 7) is 1.75. The minimum absolute atomic E-state index is 0.0667. The Labute approximate surface area is 162 Å². The quantitative estimate of drug-likeness (QED) is 0.440. The fraction of sp³-hybridized carbons (Fsp3) is 0.294. The third-order valence-electron chi connectivity index (χ3n) is 3.93. The molecule has 158 valence electrons. The molecule has 0 unspecified atom stereocenters. The lowest BCUT2D eigenvalue weighted by atomic mass is 10.1. The molecule has 2 rings (SSSR count). The number of hydrogen-bond donors (Lipinski definition) is 1. The fourth-order valence-electron chi connectivity index (χ4n) is 2.32. The van der Waals surface area contributed by atoms with Crippen LogP contribution >= 0.6 is 0 Å². The second-order valence-corrected chi connectivity index (χ2v) is 8.33. The SMILES string of the molecule is CCS(=O)(=O)c1cc(C(F)(F)F)ccc1C(=O)Nc1ccc(C(C)(F)F)c[n+]1[O-]. The van der Waals surface area contributed by atoms with Gasteiger partial charge in [0.2, 0.25) is 0 Å². The molecule has 0 spiro atoms. The van der Waals surface area contributed by atoms with Crippen molar-refractivity contribution in [1.29, 1.82) is 0 Å². The Hall–Kier alpha value is -2.76. The number of anilines is 1. The molecular weight excluding hydrogens is 423 g/mol. The molecule has 0 radical (unpaired) electrons. The molecule has 0 aliphatic carbocycles. The van der Waals surface area contributed by atoms with Gasteiger partial charge in [-0.25, -0.2) is 32.0 Å². The van der Waals surface area contributed by atoms with Crippen molar-refractivity contribution in [2.45, 2.75) is 30.8 Å². The molecule has 0 atom stereocenters. The molecule has 0 bridgehead atoms. The van der Waals surface area contributed by atoms with Crippen LogP contribution in [-0.2, 0) is 21.9 Å². The third kappa shape index (κ3) is 5.00. The van der Waals surface area contributed by atoms with Gasteiger partial charge in [-0.3, -0.25) is 0 Å². The monoisotopic (exact) mass is 438 g/mol. The highest BCUT2D eigenvalue weighted by Crippen LogP contribution is 2.32. The van der Waals surface area contributed by atoms with E-state index in [1.165, 1.54) is 6.92 Å². The molecule has 1 heterocycles. The average molecular weight is 438 g/mol. The van der Waals surface area contributed by atoms with Gasteiger partial charge >= 0.3 is 12.1 Å². The van der Waals surface area contributed by atoms with Crippen LogP contribution in [0.5, 0.6) is 0 Å². The van der Waals surface area contributed by atoms with Crippen LogP contribution in [0.15, 0.2) is 41.4 Å². The number of alkyl halides is 5. The number of aromatic nitrogens is 1. The van der Waals surface area contributed by atoms with Crippen molar-refractivity contribution in [3.8, 4) is 0 Å². The van der Waals surface area contributed by atoms with Gasteiger partial charge in [0.15, 0.2) is 9.84 Å². The molecule has 0 fully saturated rings. The van der Waals surface area contributed by atoms with Crippen LogP contribution in [0.4, 0.5) is 27.8 Å². The second-order valence-electron chi connectivity index (χ2n) is 6.08. The van der Waals surface area contributed by atoms with E-state index < -0.39 is 61.0 Å². The second kappa shape index (κ2) is 7.58. The number of rotatable bonds is 5. The van der Waals surface area contributed by atoms with Crippen LogP contribution in [-0.4, -0.2) is 20.1 Å². The smallest absolute Gasteiger partial charge is 0.416 e. The van der Waals surface area contributed by atoms with Gasteiger partial charge in [0.1, 0.15) is 6.20 Å². The lowest BCUT2D eigenvalue weighted by molar-refractivity contribution is -0.591. The third-order valence-corrected chi connectivity index (χ3v) is 5.70. The molecule has 1 aromatic heterocycles. The summed E-state index contributed by atoms with van der Waals surface area (Å²) in [4.78, 5) is 11.6. The lowest BCUT2D eigenvalue weighted by Gasteiger charge is -2.15. The van der Waals surface area contributed by atoms with Crippen molar-refractivity contribution in [3.05, 3.63) is 58.4 Å². The van der Waals surface area contributed by atoms with Gasteiger partial charge in [-0.05, 0) is 24.3 Å². The zero-order chi connectivity index (χ0) is 22.2. The molecule has 1 N–H and O–H groups in total. The highest BCUT2D eigenvalue weighted by molar-refractivity contribution is 7.91.